The third-order valence-corrected chi connectivity index (χ3v) is 4.34. The van der Waals surface area contributed by atoms with Crippen molar-refractivity contribution in [3.8, 4) is 0 Å². The summed E-state index contributed by atoms with van der Waals surface area (Å²) in [6, 6.07) is 9.03. The number of hydrogen-bond donors (Lipinski definition) is 2. The number of benzene rings is 1. The fraction of sp³-hybridized carbons (Fsp3) is 0.500. The number of carbonyl (C=O) groups is 3. The minimum atomic E-state index is -0.859. The molecule has 3 amide bonds. The van der Waals surface area contributed by atoms with Crippen LogP contribution in [-0.2, 0) is 9.59 Å². The summed E-state index contributed by atoms with van der Waals surface area (Å²) in [5.41, 5.74) is 0.728. The number of nitrogens with zero attached hydrogens (tertiary/aromatic N) is 2. The summed E-state index contributed by atoms with van der Waals surface area (Å²) >= 11 is 0. The molecule has 1 aromatic rings. The Bertz CT molecular complexity index is 606. The van der Waals surface area contributed by atoms with Crippen molar-refractivity contribution in [1.29, 1.82) is 0 Å². The van der Waals surface area contributed by atoms with Gasteiger partial charge in [-0.3, -0.25) is 9.59 Å². The Kier molecular flexibility index (Phi) is 6.80. The van der Waals surface area contributed by atoms with Crippen LogP contribution in [0.4, 0.5) is 10.5 Å². The van der Waals surface area contributed by atoms with Crippen LogP contribution in [0.15, 0.2) is 30.3 Å². The fourth-order valence-electron chi connectivity index (χ4n) is 2.98. The molecule has 2 rings (SSSR count). The zero-order valence-corrected chi connectivity index (χ0v) is 14.5. The van der Waals surface area contributed by atoms with Crippen LogP contribution in [0.2, 0.25) is 0 Å². The number of anilines is 1. The molecule has 0 aromatic heterocycles. The largest absolute Gasteiger partial charge is 0.481 e. The first-order chi connectivity index (χ1) is 12.0. The van der Waals surface area contributed by atoms with Crippen molar-refractivity contribution in [2.45, 2.75) is 25.7 Å². The number of carboxylic acids is 1. The number of urea groups is 1. The average molecular weight is 347 g/mol. The van der Waals surface area contributed by atoms with E-state index in [1.807, 2.05) is 30.3 Å². The number of para-hydroxylation sites is 1. The van der Waals surface area contributed by atoms with Gasteiger partial charge in [0.05, 0.1) is 5.92 Å². The summed E-state index contributed by atoms with van der Waals surface area (Å²) in [6.07, 6.45) is 2.01. The van der Waals surface area contributed by atoms with Crippen LogP contribution in [0.25, 0.3) is 0 Å². The average Bonchev–Trinajstić information content (AvgIpc) is 2.61. The molecule has 1 aliphatic rings. The molecule has 136 valence electrons. The molecule has 0 bridgehead atoms. The maximum absolute atomic E-state index is 12.5. The van der Waals surface area contributed by atoms with E-state index in [1.54, 1.807) is 16.8 Å². The molecule has 1 fully saturated rings. The SMILES string of the molecule is CN(CCCC(=O)O)C(=O)C1CCCN(C(=O)Nc2ccccc2)C1. The van der Waals surface area contributed by atoms with Crippen molar-refractivity contribution in [2.24, 2.45) is 5.92 Å². The highest BCUT2D eigenvalue weighted by atomic mass is 16.4. The van der Waals surface area contributed by atoms with Crippen molar-refractivity contribution in [3.63, 3.8) is 0 Å². The van der Waals surface area contributed by atoms with Crippen LogP contribution >= 0.6 is 0 Å². The summed E-state index contributed by atoms with van der Waals surface area (Å²) < 4.78 is 0. The molecule has 25 heavy (non-hydrogen) atoms. The standard InChI is InChI=1S/C18H25N3O4/c1-20(11-6-10-16(22)23)17(24)14-7-5-12-21(13-14)18(25)19-15-8-3-2-4-9-15/h2-4,8-9,14H,5-7,10-13H2,1H3,(H,19,25)(H,22,23). The molecule has 1 aliphatic heterocycles. The number of amides is 3. The van der Waals surface area contributed by atoms with E-state index in [0.29, 0.717) is 26.1 Å². The van der Waals surface area contributed by atoms with Crippen LogP contribution in [-0.4, -0.2) is 59.5 Å². The number of carbonyl (C=O) groups excluding carboxylic acids is 2. The van der Waals surface area contributed by atoms with Crippen molar-refractivity contribution in [3.05, 3.63) is 30.3 Å². The molecular weight excluding hydrogens is 322 g/mol. The highest BCUT2D eigenvalue weighted by molar-refractivity contribution is 5.90. The highest BCUT2D eigenvalue weighted by Gasteiger charge is 2.30. The van der Waals surface area contributed by atoms with Gasteiger partial charge in [-0.15, -0.1) is 0 Å². The van der Waals surface area contributed by atoms with Crippen LogP contribution in [0, 0.1) is 5.92 Å². The Morgan fingerprint density at radius 1 is 1.28 bits per heavy atom. The minimum Gasteiger partial charge on any atom is -0.481 e. The van der Waals surface area contributed by atoms with E-state index < -0.39 is 5.97 Å². The van der Waals surface area contributed by atoms with Gasteiger partial charge in [0.15, 0.2) is 0 Å². The molecular formula is C18H25N3O4. The predicted octanol–water partition coefficient (Wildman–Crippen LogP) is 2.25. The van der Waals surface area contributed by atoms with Crippen molar-refractivity contribution < 1.29 is 19.5 Å². The highest BCUT2D eigenvalue weighted by Crippen LogP contribution is 2.20. The lowest BCUT2D eigenvalue weighted by Crippen LogP contribution is -2.47. The molecule has 1 unspecified atom stereocenters. The second kappa shape index (κ2) is 9.05. The lowest BCUT2D eigenvalue weighted by molar-refractivity contribution is -0.139. The number of piperidine rings is 1. The van der Waals surface area contributed by atoms with E-state index in [1.165, 1.54) is 0 Å². The monoisotopic (exact) mass is 347 g/mol. The van der Waals surface area contributed by atoms with Crippen LogP contribution in [0.3, 0.4) is 0 Å². The third kappa shape index (κ3) is 5.77. The van der Waals surface area contributed by atoms with E-state index in [0.717, 1.165) is 18.5 Å². The van der Waals surface area contributed by atoms with E-state index in [4.69, 9.17) is 5.11 Å². The Balaban J connectivity index is 1.85. The van der Waals surface area contributed by atoms with E-state index in [-0.39, 0.29) is 24.3 Å². The molecule has 0 spiro atoms. The zero-order chi connectivity index (χ0) is 18.2. The van der Waals surface area contributed by atoms with E-state index in [9.17, 15) is 14.4 Å². The van der Waals surface area contributed by atoms with E-state index >= 15 is 0 Å². The number of rotatable bonds is 6. The topological polar surface area (TPSA) is 90.0 Å². The van der Waals surface area contributed by atoms with Gasteiger partial charge in [-0.1, -0.05) is 18.2 Å². The number of likely N-dealkylation sites (tertiary alicyclic amines) is 1. The Labute approximate surface area is 147 Å². The summed E-state index contributed by atoms with van der Waals surface area (Å²) in [6.45, 7) is 1.43. The lowest BCUT2D eigenvalue weighted by atomic mass is 9.96. The molecule has 7 nitrogen and oxygen atoms in total. The lowest BCUT2D eigenvalue weighted by Gasteiger charge is -2.34. The Morgan fingerprint density at radius 3 is 2.68 bits per heavy atom. The van der Waals surface area contributed by atoms with Gasteiger partial charge < -0.3 is 20.2 Å². The molecule has 1 heterocycles. The summed E-state index contributed by atoms with van der Waals surface area (Å²) in [7, 11) is 1.69. The molecule has 2 N–H and O–H groups in total. The van der Waals surface area contributed by atoms with Gasteiger partial charge in [0.2, 0.25) is 5.91 Å². The normalized spacial score (nSPS) is 17.0. The summed E-state index contributed by atoms with van der Waals surface area (Å²) in [5, 5.41) is 11.5. The first-order valence-electron chi connectivity index (χ1n) is 8.55. The summed E-state index contributed by atoms with van der Waals surface area (Å²) in [5.74, 6) is -1.12. The number of carboxylic acid groups (broad SMARTS) is 1. The zero-order valence-electron chi connectivity index (χ0n) is 14.5. The molecule has 1 saturated heterocycles. The van der Waals surface area contributed by atoms with Gasteiger partial charge >= 0.3 is 12.0 Å². The minimum absolute atomic E-state index is 0.0254. The van der Waals surface area contributed by atoms with Gasteiger partial charge in [-0.05, 0) is 31.4 Å². The molecule has 0 radical (unpaired) electrons. The smallest absolute Gasteiger partial charge is 0.321 e. The van der Waals surface area contributed by atoms with E-state index in [2.05, 4.69) is 5.32 Å². The fourth-order valence-corrected chi connectivity index (χ4v) is 2.98. The first kappa shape index (κ1) is 18.8. The second-order valence-corrected chi connectivity index (χ2v) is 6.34. The second-order valence-electron chi connectivity index (χ2n) is 6.34. The number of hydrogen-bond acceptors (Lipinski definition) is 3. The third-order valence-electron chi connectivity index (χ3n) is 4.34. The number of aliphatic carboxylic acids is 1. The first-order valence-corrected chi connectivity index (χ1v) is 8.55. The maximum atomic E-state index is 12.5. The predicted molar refractivity (Wildman–Crippen MR) is 94.3 cm³/mol. The Hall–Kier alpha value is -2.57. The molecule has 0 aliphatic carbocycles. The maximum Gasteiger partial charge on any atom is 0.321 e. The van der Waals surface area contributed by atoms with Crippen LogP contribution < -0.4 is 5.32 Å². The molecule has 0 saturated carbocycles. The molecule has 1 aromatic carbocycles. The van der Waals surface area contributed by atoms with Crippen molar-refractivity contribution >= 4 is 23.6 Å². The van der Waals surface area contributed by atoms with Gasteiger partial charge in [0.25, 0.3) is 0 Å². The van der Waals surface area contributed by atoms with Crippen LogP contribution in [0.5, 0.6) is 0 Å². The summed E-state index contributed by atoms with van der Waals surface area (Å²) in [4.78, 5) is 38.7. The van der Waals surface area contributed by atoms with Gasteiger partial charge in [0, 0.05) is 38.8 Å². The number of nitrogens with one attached hydrogen (secondary N) is 1. The van der Waals surface area contributed by atoms with Crippen LogP contribution in [0.1, 0.15) is 25.7 Å². The van der Waals surface area contributed by atoms with Gasteiger partial charge in [-0.25, -0.2) is 4.79 Å². The molecule has 1 atom stereocenters. The quantitative estimate of drug-likeness (QED) is 0.826. The molecule has 7 heteroatoms. The van der Waals surface area contributed by atoms with Gasteiger partial charge in [0.1, 0.15) is 0 Å². The van der Waals surface area contributed by atoms with Gasteiger partial charge in [-0.2, -0.15) is 0 Å². The Morgan fingerprint density at radius 2 is 2.00 bits per heavy atom. The van der Waals surface area contributed by atoms with Crippen molar-refractivity contribution in [2.75, 3.05) is 32.0 Å². The van der Waals surface area contributed by atoms with Crippen molar-refractivity contribution in [1.82, 2.24) is 9.80 Å².